The number of likely N-dealkylation sites (N-methyl/N-ethyl adjacent to an activating group) is 1. The van der Waals surface area contributed by atoms with Crippen LogP contribution < -0.4 is 10.6 Å². The van der Waals surface area contributed by atoms with Gasteiger partial charge in [0.15, 0.2) is 0 Å². The van der Waals surface area contributed by atoms with Crippen LogP contribution in [-0.4, -0.2) is 19.0 Å². The molecule has 0 fully saturated rings. The number of carbonyl (C=O) groups excluding carboxylic acids is 1. The fourth-order valence-electron chi connectivity index (χ4n) is 1.07. The van der Waals surface area contributed by atoms with Crippen LogP contribution in [0.1, 0.15) is 6.92 Å². The van der Waals surface area contributed by atoms with Gasteiger partial charge in [-0.05, 0) is 25.1 Å². The Labute approximate surface area is 98.8 Å². The molecule has 3 nitrogen and oxygen atoms in total. The third-order valence-corrected chi connectivity index (χ3v) is 2.31. The molecular formula is C10H12Cl2N2O. The van der Waals surface area contributed by atoms with E-state index in [-0.39, 0.29) is 12.5 Å². The largest absolute Gasteiger partial charge is 0.375 e. The summed E-state index contributed by atoms with van der Waals surface area (Å²) in [5.74, 6) is -0.0754. The van der Waals surface area contributed by atoms with Gasteiger partial charge in [-0.15, -0.1) is 0 Å². The molecule has 0 aliphatic rings. The van der Waals surface area contributed by atoms with Crippen molar-refractivity contribution in [3.05, 3.63) is 28.2 Å². The lowest BCUT2D eigenvalue weighted by Gasteiger charge is -2.08. The number of halogens is 2. The van der Waals surface area contributed by atoms with Crippen molar-refractivity contribution < 1.29 is 4.79 Å². The summed E-state index contributed by atoms with van der Waals surface area (Å²) in [6.07, 6.45) is 0. The van der Waals surface area contributed by atoms with Crippen molar-refractivity contribution in [1.82, 2.24) is 5.32 Å². The smallest absolute Gasteiger partial charge is 0.239 e. The molecule has 0 unspecified atom stereocenters. The molecule has 0 saturated heterocycles. The average molecular weight is 247 g/mol. The van der Waals surface area contributed by atoms with Crippen molar-refractivity contribution in [1.29, 1.82) is 0 Å². The molecule has 0 saturated carbocycles. The predicted molar refractivity (Wildman–Crippen MR) is 63.6 cm³/mol. The minimum Gasteiger partial charge on any atom is -0.375 e. The molecule has 1 rings (SSSR count). The van der Waals surface area contributed by atoms with Crippen LogP contribution in [-0.2, 0) is 4.79 Å². The number of hydrogen-bond acceptors (Lipinski definition) is 2. The summed E-state index contributed by atoms with van der Waals surface area (Å²) in [5, 5.41) is 6.71. The number of rotatable bonds is 4. The van der Waals surface area contributed by atoms with Gasteiger partial charge in [-0.3, -0.25) is 4.79 Å². The monoisotopic (exact) mass is 246 g/mol. The first kappa shape index (κ1) is 12.1. The standard InChI is InChI=1S/C10H12Cl2N2O/c1-2-13-10(15)6-14-9-5-7(11)3-4-8(9)12/h3-5,14H,2,6H2,1H3,(H,13,15). The van der Waals surface area contributed by atoms with Gasteiger partial charge in [0.25, 0.3) is 0 Å². The Morgan fingerprint density at radius 1 is 1.40 bits per heavy atom. The first-order valence-electron chi connectivity index (χ1n) is 4.59. The number of hydrogen-bond donors (Lipinski definition) is 2. The average Bonchev–Trinajstić information content (AvgIpc) is 2.20. The first-order chi connectivity index (χ1) is 7.13. The van der Waals surface area contributed by atoms with Gasteiger partial charge in [0.1, 0.15) is 0 Å². The minimum absolute atomic E-state index is 0.0754. The van der Waals surface area contributed by atoms with E-state index in [1.807, 2.05) is 6.92 Å². The molecule has 0 atom stereocenters. The van der Waals surface area contributed by atoms with E-state index >= 15 is 0 Å². The highest BCUT2D eigenvalue weighted by atomic mass is 35.5. The Bertz CT molecular complexity index is 355. The van der Waals surface area contributed by atoms with E-state index in [9.17, 15) is 4.79 Å². The zero-order valence-electron chi connectivity index (χ0n) is 8.31. The summed E-state index contributed by atoms with van der Waals surface area (Å²) in [7, 11) is 0. The predicted octanol–water partition coefficient (Wildman–Crippen LogP) is 2.54. The molecule has 1 amide bonds. The Morgan fingerprint density at radius 3 is 2.80 bits per heavy atom. The van der Waals surface area contributed by atoms with Gasteiger partial charge in [0, 0.05) is 11.6 Å². The van der Waals surface area contributed by atoms with Crippen molar-refractivity contribution in [2.24, 2.45) is 0 Å². The highest BCUT2D eigenvalue weighted by Crippen LogP contribution is 2.24. The second kappa shape index (κ2) is 5.83. The number of benzene rings is 1. The third kappa shape index (κ3) is 3.98. The number of anilines is 1. The van der Waals surface area contributed by atoms with Crippen molar-refractivity contribution >= 4 is 34.8 Å². The zero-order valence-corrected chi connectivity index (χ0v) is 9.82. The maximum atomic E-state index is 11.2. The number of amides is 1. The third-order valence-electron chi connectivity index (χ3n) is 1.74. The van der Waals surface area contributed by atoms with Gasteiger partial charge in [0.05, 0.1) is 17.3 Å². The van der Waals surface area contributed by atoms with Gasteiger partial charge >= 0.3 is 0 Å². The fourth-order valence-corrected chi connectivity index (χ4v) is 1.42. The summed E-state index contributed by atoms with van der Waals surface area (Å²) in [4.78, 5) is 11.2. The molecule has 82 valence electrons. The van der Waals surface area contributed by atoms with Crippen LogP contribution in [0, 0.1) is 0 Å². The summed E-state index contributed by atoms with van der Waals surface area (Å²) in [5.41, 5.74) is 0.662. The van der Waals surface area contributed by atoms with Gasteiger partial charge < -0.3 is 10.6 Å². The topological polar surface area (TPSA) is 41.1 Å². The Hall–Kier alpha value is -0.930. The molecule has 5 heteroatoms. The summed E-state index contributed by atoms with van der Waals surface area (Å²) < 4.78 is 0. The van der Waals surface area contributed by atoms with Crippen molar-refractivity contribution in [2.75, 3.05) is 18.4 Å². The molecular weight excluding hydrogens is 235 g/mol. The van der Waals surface area contributed by atoms with Crippen LogP contribution >= 0.6 is 23.2 Å². The van der Waals surface area contributed by atoms with Crippen LogP contribution in [0.25, 0.3) is 0 Å². The van der Waals surface area contributed by atoms with Crippen LogP contribution in [0.2, 0.25) is 10.0 Å². The van der Waals surface area contributed by atoms with Crippen LogP contribution in [0.4, 0.5) is 5.69 Å². The normalized spacial score (nSPS) is 9.80. The van der Waals surface area contributed by atoms with E-state index in [0.29, 0.717) is 22.3 Å². The highest BCUT2D eigenvalue weighted by molar-refractivity contribution is 6.35. The van der Waals surface area contributed by atoms with Crippen LogP contribution in [0.5, 0.6) is 0 Å². The van der Waals surface area contributed by atoms with Gasteiger partial charge in [-0.1, -0.05) is 23.2 Å². The molecule has 0 aromatic heterocycles. The Kier molecular flexibility index (Phi) is 4.72. The van der Waals surface area contributed by atoms with E-state index in [1.54, 1.807) is 18.2 Å². The lowest BCUT2D eigenvalue weighted by atomic mass is 10.3. The first-order valence-corrected chi connectivity index (χ1v) is 5.34. The molecule has 1 aromatic carbocycles. The van der Waals surface area contributed by atoms with E-state index in [2.05, 4.69) is 10.6 Å². The molecule has 1 aromatic rings. The lowest BCUT2D eigenvalue weighted by molar-refractivity contribution is -0.119. The maximum absolute atomic E-state index is 11.2. The second-order valence-corrected chi connectivity index (χ2v) is 3.77. The summed E-state index contributed by atoms with van der Waals surface area (Å²) in [6.45, 7) is 2.67. The molecule has 15 heavy (non-hydrogen) atoms. The fraction of sp³-hybridized carbons (Fsp3) is 0.300. The highest BCUT2D eigenvalue weighted by Gasteiger charge is 2.03. The molecule has 0 bridgehead atoms. The molecule has 0 aliphatic heterocycles. The quantitative estimate of drug-likeness (QED) is 0.858. The number of carbonyl (C=O) groups is 1. The Balaban J connectivity index is 2.57. The van der Waals surface area contributed by atoms with E-state index in [4.69, 9.17) is 23.2 Å². The number of nitrogens with one attached hydrogen (secondary N) is 2. The molecule has 0 heterocycles. The minimum atomic E-state index is -0.0754. The molecule has 2 N–H and O–H groups in total. The van der Waals surface area contributed by atoms with E-state index in [0.717, 1.165) is 0 Å². The van der Waals surface area contributed by atoms with Crippen LogP contribution in [0.15, 0.2) is 18.2 Å². The van der Waals surface area contributed by atoms with Crippen LogP contribution in [0.3, 0.4) is 0 Å². The lowest BCUT2D eigenvalue weighted by Crippen LogP contribution is -2.29. The molecule has 0 aliphatic carbocycles. The van der Waals surface area contributed by atoms with Crippen molar-refractivity contribution in [3.8, 4) is 0 Å². The molecule has 0 spiro atoms. The Morgan fingerprint density at radius 2 is 2.13 bits per heavy atom. The SMILES string of the molecule is CCNC(=O)CNc1cc(Cl)ccc1Cl. The van der Waals surface area contributed by atoms with Crippen molar-refractivity contribution in [2.45, 2.75) is 6.92 Å². The molecule has 0 radical (unpaired) electrons. The maximum Gasteiger partial charge on any atom is 0.239 e. The van der Waals surface area contributed by atoms with E-state index < -0.39 is 0 Å². The van der Waals surface area contributed by atoms with Gasteiger partial charge in [-0.25, -0.2) is 0 Å². The second-order valence-electron chi connectivity index (χ2n) is 2.93. The van der Waals surface area contributed by atoms with E-state index in [1.165, 1.54) is 0 Å². The zero-order chi connectivity index (χ0) is 11.3. The van der Waals surface area contributed by atoms with Gasteiger partial charge in [0.2, 0.25) is 5.91 Å². The summed E-state index contributed by atoms with van der Waals surface area (Å²) in [6, 6.07) is 5.06. The van der Waals surface area contributed by atoms with Gasteiger partial charge in [-0.2, -0.15) is 0 Å². The summed E-state index contributed by atoms with van der Waals surface area (Å²) >= 11 is 11.7. The van der Waals surface area contributed by atoms with Crippen molar-refractivity contribution in [3.63, 3.8) is 0 Å².